The SMILES string of the molecule is O=C(c1ccccc1)C(C(c1ccccc1[N+](=O)[O-])N1CCCCC1)N1CCCCC1. The molecular weight excluding hydrogens is 390 g/mol. The molecule has 0 saturated carbocycles. The van der Waals surface area contributed by atoms with E-state index in [2.05, 4.69) is 9.80 Å². The fourth-order valence-electron chi connectivity index (χ4n) is 5.15. The summed E-state index contributed by atoms with van der Waals surface area (Å²) in [7, 11) is 0. The summed E-state index contributed by atoms with van der Waals surface area (Å²) in [5, 5.41) is 11.9. The van der Waals surface area contributed by atoms with E-state index in [-0.39, 0.29) is 22.4 Å². The number of benzene rings is 2. The zero-order valence-corrected chi connectivity index (χ0v) is 18.0. The molecule has 2 aromatic rings. The van der Waals surface area contributed by atoms with E-state index in [9.17, 15) is 14.9 Å². The van der Waals surface area contributed by atoms with Crippen LogP contribution in [0.15, 0.2) is 54.6 Å². The zero-order valence-electron chi connectivity index (χ0n) is 18.0. The Balaban J connectivity index is 1.83. The minimum Gasteiger partial charge on any atom is -0.294 e. The molecule has 0 aliphatic carbocycles. The number of piperidine rings is 2. The number of nitro benzene ring substituents is 1. The third-order valence-corrected chi connectivity index (χ3v) is 6.65. The van der Waals surface area contributed by atoms with Gasteiger partial charge in [0.15, 0.2) is 5.78 Å². The van der Waals surface area contributed by atoms with Gasteiger partial charge < -0.3 is 0 Å². The van der Waals surface area contributed by atoms with Gasteiger partial charge in [-0.1, -0.05) is 61.4 Å². The minimum atomic E-state index is -0.429. The molecule has 6 nitrogen and oxygen atoms in total. The largest absolute Gasteiger partial charge is 0.294 e. The second kappa shape index (κ2) is 10.2. The van der Waals surface area contributed by atoms with E-state index in [1.807, 2.05) is 42.5 Å². The van der Waals surface area contributed by atoms with Gasteiger partial charge in [-0.25, -0.2) is 0 Å². The fraction of sp³-hybridized carbons (Fsp3) is 0.480. The van der Waals surface area contributed by atoms with Gasteiger partial charge in [-0.3, -0.25) is 24.7 Å². The molecule has 0 spiro atoms. The van der Waals surface area contributed by atoms with Gasteiger partial charge in [0, 0.05) is 17.2 Å². The summed E-state index contributed by atoms with van der Waals surface area (Å²) in [4.78, 5) is 30.2. The van der Waals surface area contributed by atoms with Crippen LogP contribution >= 0.6 is 0 Å². The maximum Gasteiger partial charge on any atom is 0.274 e. The standard InChI is InChI=1S/C25H31N3O3/c29-25(20-12-4-1-5-13-20)24(27-18-10-3-11-19-27)23(26-16-8-2-9-17-26)21-14-6-7-15-22(21)28(30)31/h1,4-7,12-15,23-24H,2-3,8-11,16-19H2. The van der Waals surface area contributed by atoms with Crippen molar-refractivity contribution in [3.8, 4) is 0 Å². The topological polar surface area (TPSA) is 66.7 Å². The Morgan fingerprint density at radius 1 is 0.774 bits per heavy atom. The highest BCUT2D eigenvalue weighted by atomic mass is 16.6. The molecule has 164 valence electrons. The van der Waals surface area contributed by atoms with Crippen molar-refractivity contribution in [3.05, 3.63) is 75.8 Å². The Morgan fingerprint density at radius 2 is 1.32 bits per heavy atom. The number of nitro groups is 1. The van der Waals surface area contributed by atoms with E-state index < -0.39 is 6.04 Å². The normalized spacial score (nSPS) is 20.1. The lowest BCUT2D eigenvalue weighted by molar-refractivity contribution is -0.386. The van der Waals surface area contributed by atoms with Crippen LogP contribution in [0.1, 0.15) is 60.5 Å². The van der Waals surface area contributed by atoms with E-state index in [1.165, 1.54) is 12.8 Å². The molecule has 2 heterocycles. The van der Waals surface area contributed by atoms with Crippen LogP contribution in [0.25, 0.3) is 0 Å². The third-order valence-electron chi connectivity index (χ3n) is 6.65. The Labute approximate surface area is 184 Å². The second-order valence-corrected chi connectivity index (χ2v) is 8.63. The molecule has 0 bridgehead atoms. The van der Waals surface area contributed by atoms with Gasteiger partial charge in [-0.2, -0.15) is 0 Å². The van der Waals surface area contributed by atoms with Gasteiger partial charge in [-0.05, 0) is 51.9 Å². The lowest BCUT2D eigenvalue weighted by atomic mass is 9.87. The first-order valence-electron chi connectivity index (χ1n) is 11.5. The first kappa shape index (κ1) is 21.7. The number of ketones is 1. The number of carbonyl (C=O) groups is 1. The molecule has 0 aromatic heterocycles. The molecule has 2 unspecified atom stereocenters. The number of hydrogen-bond donors (Lipinski definition) is 0. The van der Waals surface area contributed by atoms with Crippen LogP contribution in [0.5, 0.6) is 0 Å². The summed E-state index contributed by atoms with van der Waals surface area (Å²) < 4.78 is 0. The van der Waals surface area contributed by atoms with Crippen LogP contribution in [0.2, 0.25) is 0 Å². The summed E-state index contributed by atoms with van der Waals surface area (Å²) in [6.45, 7) is 3.44. The average Bonchev–Trinajstić information content (AvgIpc) is 2.83. The minimum absolute atomic E-state index is 0.0659. The summed E-state index contributed by atoms with van der Waals surface area (Å²) >= 11 is 0. The van der Waals surface area contributed by atoms with Crippen molar-refractivity contribution in [2.75, 3.05) is 26.2 Å². The fourth-order valence-corrected chi connectivity index (χ4v) is 5.15. The number of Topliss-reactive ketones (excluding diaryl/α,β-unsaturated/α-hetero) is 1. The number of carbonyl (C=O) groups excluding carboxylic acids is 1. The molecule has 31 heavy (non-hydrogen) atoms. The summed E-state index contributed by atoms with van der Waals surface area (Å²) in [6.07, 6.45) is 6.57. The summed E-state index contributed by atoms with van der Waals surface area (Å²) in [6, 6.07) is 15.7. The molecule has 2 aliphatic heterocycles. The van der Waals surface area contributed by atoms with E-state index in [1.54, 1.807) is 12.1 Å². The van der Waals surface area contributed by atoms with E-state index >= 15 is 0 Å². The zero-order chi connectivity index (χ0) is 21.6. The highest BCUT2D eigenvalue weighted by Gasteiger charge is 2.41. The Hall–Kier alpha value is -2.57. The number of nitrogens with zero attached hydrogens (tertiary/aromatic N) is 3. The number of hydrogen-bond acceptors (Lipinski definition) is 5. The van der Waals surface area contributed by atoms with Crippen LogP contribution in [-0.2, 0) is 0 Å². The van der Waals surface area contributed by atoms with Crippen molar-refractivity contribution in [2.24, 2.45) is 0 Å². The number of likely N-dealkylation sites (tertiary alicyclic amines) is 2. The first-order chi connectivity index (χ1) is 15.2. The maximum atomic E-state index is 13.9. The predicted octanol–water partition coefficient (Wildman–Crippen LogP) is 4.86. The predicted molar refractivity (Wildman–Crippen MR) is 121 cm³/mol. The van der Waals surface area contributed by atoms with Crippen molar-refractivity contribution in [1.29, 1.82) is 0 Å². The third kappa shape index (κ3) is 4.86. The van der Waals surface area contributed by atoms with Gasteiger partial charge >= 0.3 is 0 Å². The highest BCUT2D eigenvalue weighted by Crippen LogP contribution is 2.37. The van der Waals surface area contributed by atoms with Crippen LogP contribution in [0, 0.1) is 10.1 Å². The molecule has 2 fully saturated rings. The quantitative estimate of drug-likeness (QED) is 0.363. The maximum absolute atomic E-state index is 13.9. The van der Waals surface area contributed by atoms with Gasteiger partial charge in [-0.15, -0.1) is 0 Å². The van der Waals surface area contributed by atoms with Crippen LogP contribution in [-0.4, -0.2) is 52.7 Å². The molecule has 4 rings (SSSR count). The van der Waals surface area contributed by atoms with E-state index in [0.29, 0.717) is 11.1 Å². The van der Waals surface area contributed by atoms with E-state index in [4.69, 9.17) is 0 Å². The Kier molecular flexibility index (Phi) is 7.10. The average molecular weight is 422 g/mol. The molecule has 2 aliphatic rings. The molecule has 2 aromatic carbocycles. The van der Waals surface area contributed by atoms with Gasteiger partial charge in [0.1, 0.15) is 0 Å². The van der Waals surface area contributed by atoms with Crippen LogP contribution < -0.4 is 0 Å². The number of rotatable bonds is 7. The van der Waals surface area contributed by atoms with E-state index in [0.717, 1.165) is 51.9 Å². The van der Waals surface area contributed by atoms with Crippen molar-refractivity contribution < 1.29 is 9.72 Å². The van der Waals surface area contributed by atoms with Gasteiger partial charge in [0.05, 0.1) is 17.0 Å². The number of para-hydroxylation sites is 1. The second-order valence-electron chi connectivity index (χ2n) is 8.63. The summed E-state index contributed by atoms with van der Waals surface area (Å²) in [5.41, 5.74) is 1.45. The van der Waals surface area contributed by atoms with Gasteiger partial charge in [0.2, 0.25) is 0 Å². The lowest BCUT2D eigenvalue weighted by Gasteiger charge is -2.44. The Morgan fingerprint density at radius 3 is 1.94 bits per heavy atom. The molecule has 0 amide bonds. The van der Waals surface area contributed by atoms with Crippen molar-refractivity contribution in [3.63, 3.8) is 0 Å². The van der Waals surface area contributed by atoms with Crippen molar-refractivity contribution in [2.45, 2.75) is 50.6 Å². The van der Waals surface area contributed by atoms with Crippen molar-refractivity contribution >= 4 is 11.5 Å². The first-order valence-corrected chi connectivity index (χ1v) is 11.5. The lowest BCUT2D eigenvalue weighted by Crippen LogP contribution is -2.53. The molecule has 2 saturated heterocycles. The molecule has 6 heteroatoms. The molecule has 0 N–H and O–H groups in total. The molecule has 2 atom stereocenters. The molecular formula is C25H31N3O3. The van der Waals surface area contributed by atoms with Crippen LogP contribution in [0.3, 0.4) is 0 Å². The van der Waals surface area contributed by atoms with Gasteiger partial charge in [0.25, 0.3) is 5.69 Å². The highest BCUT2D eigenvalue weighted by molar-refractivity contribution is 6.00. The van der Waals surface area contributed by atoms with Crippen molar-refractivity contribution in [1.82, 2.24) is 9.80 Å². The smallest absolute Gasteiger partial charge is 0.274 e. The molecule has 0 radical (unpaired) electrons. The van der Waals surface area contributed by atoms with Crippen LogP contribution in [0.4, 0.5) is 5.69 Å². The monoisotopic (exact) mass is 421 g/mol. The summed E-state index contributed by atoms with van der Waals surface area (Å²) in [5.74, 6) is 0.0659. The Bertz CT molecular complexity index is 890.